The number of nitrogens with one attached hydrogen (secondary N) is 2. The Morgan fingerprint density at radius 2 is 1.40 bits per heavy atom. The van der Waals surface area contributed by atoms with Crippen LogP contribution in [-0.4, -0.2) is 57.1 Å². The van der Waals surface area contributed by atoms with Crippen molar-refractivity contribution in [3.05, 3.63) is 0 Å². The number of nitrogens with two attached hydrogens (primary N) is 2. The number of ether oxygens (including phenoxy) is 1. The Hall–Kier alpha value is -1.65. The first-order valence-corrected chi connectivity index (χ1v) is 17.7. The summed E-state index contributed by atoms with van der Waals surface area (Å²) in [5.74, 6) is -0.647. The van der Waals surface area contributed by atoms with Gasteiger partial charge in [0.05, 0.1) is 17.6 Å². The number of hydrogen-bond donors (Lipinski definition) is 4. The SMILES string of the molecule is CC(C)[C@@H](CN)C[C@H](NC(=O)OC(C)(C)C)[C@H](C[C@H](C(=O)NCC(C)(C)C(N)=O)C(C)C)O[Si](C)(C)C(C)(C)C. The maximum absolute atomic E-state index is 13.5. The predicted octanol–water partition coefficient (Wildman–Crippen LogP) is 5.18. The molecule has 0 aromatic rings. The lowest BCUT2D eigenvalue weighted by Crippen LogP contribution is -2.55. The Labute approximate surface area is 245 Å². The van der Waals surface area contributed by atoms with Crippen molar-refractivity contribution in [1.29, 1.82) is 0 Å². The molecule has 10 heteroatoms. The summed E-state index contributed by atoms with van der Waals surface area (Å²) in [4.78, 5) is 38.4. The maximum atomic E-state index is 13.5. The fourth-order valence-electron chi connectivity index (χ4n) is 4.04. The van der Waals surface area contributed by atoms with E-state index in [9.17, 15) is 14.4 Å². The van der Waals surface area contributed by atoms with Crippen LogP contribution < -0.4 is 22.1 Å². The Balaban J connectivity index is 6.56. The average Bonchev–Trinajstić information content (AvgIpc) is 2.74. The molecule has 4 atom stereocenters. The fraction of sp³-hybridized carbons (Fsp3) is 0.900. The lowest BCUT2D eigenvalue weighted by Gasteiger charge is -2.43. The van der Waals surface area contributed by atoms with Gasteiger partial charge < -0.3 is 31.3 Å². The number of carbonyl (C=O) groups excluding carboxylic acids is 3. The van der Waals surface area contributed by atoms with Gasteiger partial charge in [0.2, 0.25) is 11.8 Å². The molecule has 40 heavy (non-hydrogen) atoms. The predicted molar refractivity (Wildman–Crippen MR) is 166 cm³/mol. The second kappa shape index (κ2) is 15.0. The highest BCUT2D eigenvalue weighted by Crippen LogP contribution is 2.39. The topological polar surface area (TPSA) is 146 Å². The summed E-state index contributed by atoms with van der Waals surface area (Å²) < 4.78 is 12.7. The zero-order chi connectivity index (χ0) is 31.9. The molecule has 0 aliphatic heterocycles. The molecule has 0 spiro atoms. The quantitative estimate of drug-likeness (QED) is 0.195. The molecular formula is C30H62N4O5Si. The smallest absolute Gasteiger partial charge is 0.407 e. The van der Waals surface area contributed by atoms with Crippen molar-refractivity contribution < 1.29 is 23.5 Å². The van der Waals surface area contributed by atoms with Gasteiger partial charge in [-0.2, -0.15) is 0 Å². The lowest BCUT2D eigenvalue weighted by atomic mass is 9.82. The monoisotopic (exact) mass is 586 g/mol. The number of rotatable bonds is 15. The van der Waals surface area contributed by atoms with Crippen LogP contribution in [-0.2, 0) is 18.8 Å². The molecule has 0 saturated heterocycles. The van der Waals surface area contributed by atoms with Gasteiger partial charge in [0, 0.05) is 12.5 Å². The number of carbonyl (C=O) groups is 3. The highest BCUT2D eigenvalue weighted by Gasteiger charge is 2.43. The minimum absolute atomic E-state index is 0.0141. The molecule has 0 aliphatic carbocycles. The molecule has 0 saturated carbocycles. The first-order chi connectivity index (χ1) is 17.8. The van der Waals surface area contributed by atoms with Gasteiger partial charge in [-0.15, -0.1) is 0 Å². The third-order valence-electron chi connectivity index (χ3n) is 8.20. The third kappa shape index (κ3) is 12.9. The number of amides is 3. The van der Waals surface area contributed by atoms with Gasteiger partial charge in [-0.3, -0.25) is 9.59 Å². The van der Waals surface area contributed by atoms with E-state index >= 15 is 0 Å². The van der Waals surface area contributed by atoms with E-state index in [1.807, 2.05) is 34.6 Å². The van der Waals surface area contributed by atoms with Crippen molar-refractivity contribution in [2.75, 3.05) is 13.1 Å². The minimum atomic E-state index is -2.33. The Morgan fingerprint density at radius 3 is 1.77 bits per heavy atom. The Morgan fingerprint density at radius 1 is 0.875 bits per heavy atom. The Bertz CT molecular complexity index is 831. The van der Waals surface area contributed by atoms with Crippen LogP contribution in [0.3, 0.4) is 0 Å². The number of hydrogen-bond acceptors (Lipinski definition) is 6. The molecule has 0 aromatic carbocycles. The van der Waals surface area contributed by atoms with Gasteiger partial charge in [0.15, 0.2) is 8.32 Å². The zero-order valence-corrected chi connectivity index (χ0v) is 29.0. The van der Waals surface area contributed by atoms with Crippen LogP contribution in [0.2, 0.25) is 18.1 Å². The number of alkyl carbamates (subject to hydrolysis) is 1. The molecule has 0 bridgehead atoms. The highest BCUT2D eigenvalue weighted by atomic mass is 28.4. The van der Waals surface area contributed by atoms with E-state index < -0.39 is 49.4 Å². The van der Waals surface area contributed by atoms with Crippen LogP contribution in [0.4, 0.5) is 4.79 Å². The van der Waals surface area contributed by atoms with Gasteiger partial charge in [0.25, 0.3) is 0 Å². The second-order valence-corrected chi connectivity index (χ2v) is 20.0. The minimum Gasteiger partial charge on any atom is -0.444 e. The van der Waals surface area contributed by atoms with Crippen molar-refractivity contribution in [3.63, 3.8) is 0 Å². The van der Waals surface area contributed by atoms with E-state index in [2.05, 4.69) is 58.3 Å². The van der Waals surface area contributed by atoms with E-state index in [1.54, 1.807) is 13.8 Å². The summed E-state index contributed by atoms with van der Waals surface area (Å²) in [7, 11) is -2.33. The van der Waals surface area contributed by atoms with Gasteiger partial charge in [-0.25, -0.2) is 4.79 Å². The second-order valence-electron chi connectivity index (χ2n) is 15.2. The van der Waals surface area contributed by atoms with E-state index in [1.165, 1.54) is 0 Å². The summed E-state index contributed by atoms with van der Waals surface area (Å²) >= 11 is 0. The summed E-state index contributed by atoms with van der Waals surface area (Å²) in [6.45, 7) is 28.6. The van der Waals surface area contributed by atoms with Crippen LogP contribution in [0, 0.1) is 29.1 Å². The van der Waals surface area contributed by atoms with Crippen molar-refractivity contribution in [2.24, 2.45) is 40.6 Å². The van der Waals surface area contributed by atoms with Gasteiger partial charge in [0.1, 0.15) is 5.60 Å². The highest BCUT2D eigenvalue weighted by molar-refractivity contribution is 6.74. The van der Waals surface area contributed by atoms with Gasteiger partial charge in [-0.05, 0) is 89.9 Å². The normalized spacial score (nSPS) is 16.3. The largest absolute Gasteiger partial charge is 0.444 e. The molecule has 0 rings (SSSR count). The van der Waals surface area contributed by atoms with E-state index in [4.69, 9.17) is 20.6 Å². The molecule has 0 aliphatic rings. The third-order valence-corrected chi connectivity index (χ3v) is 12.7. The van der Waals surface area contributed by atoms with Gasteiger partial charge >= 0.3 is 6.09 Å². The van der Waals surface area contributed by atoms with E-state index in [0.29, 0.717) is 25.3 Å². The maximum Gasteiger partial charge on any atom is 0.407 e. The summed E-state index contributed by atoms with van der Waals surface area (Å²) in [5.41, 5.74) is 10.2. The van der Waals surface area contributed by atoms with E-state index in [-0.39, 0.29) is 29.3 Å². The van der Waals surface area contributed by atoms with Crippen LogP contribution >= 0.6 is 0 Å². The molecule has 3 amide bonds. The fourth-order valence-corrected chi connectivity index (χ4v) is 5.41. The van der Waals surface area contributed by atoms with Crippen LogP contribution in [0.25, 0.3) is 0 Å². The first-order valence-electron chi connectivity index (χ1n) is 14.8. The molecule has 9 nitrogen and oxygen atoms in total. The Kier molecular flexibility index (Phi) is 14.4. The van der Waals surface area contributed by atoms with Crippen molar-refractivity contribution in [2.45, 2.75) is 132 Å². The zero-order valence-electron chi connectivity index (χ0n) is 28.0. The summed E-state index contributed by atoms with van der Waals surface area (Å²) in [6.07, 6.45) is 0.00888. The van der Waals surface area contributed by atoms with Crippen LogP contribution in [0.15, 0.2) is 0 Å². The first kappa shape index (κ1) is 38.3. The molecular weight excluding hydrogens is 524 g/mol. The molecule has 236 valence electrons. The van der Waals surface area contributed by atoms with Crippen molar-refractivity contribution in [1.82, 2.24) is 10.6 Å². The summed E-state index contributed by atoms with van der Waals surface area (Å²) in [5, 5.41) is 5.97. The van der Waals surface area contributed by atoms with Gasteiger partial charge in [-0.1, -0.05) is 48.5 Å². The number of primary amides is 1. The van der Waals surface area contributed by atoms with Crippen molar-refractivity contribution >= 4 is 26.2 Å². The molecule has 0 heterocycles. The van der Waals surface area contributed by atoms with Crippen LogP contribution in [0.5, 0.6) is 0 Å². The van der Waals surface area contributed by atoms with Crippen molar-refractivity contribution in [3.8, 4) is 0 Å². The van der Waals surface area contributed by atoms with Crippen LogP contribution in [0.1, 0.15) is 95.9 Å². The lowest BCUT2D eigenvalue weighted by molar-refractivity contribution is -0.130. The molecule has 0 fully saturated rings. The average molecular weight is 587 g/mol. The molecule has 0 unspecified atom stereocenters. The summed E-state index contributed by atoms with van der Waals surface area (Å²) in [6, 6.07) is -0.420. The standard InChI is InChI=1S/C30H62N4O5Si/c1-19(2)21(17-31)15-23(34-27(37)38-28(5,6)7)24(39-40(13,14)29(8,9)10)16-22(20(3)4)25(35)33-18-30(11,12)26(32)36/h19-24H,15-18,31H2,1-14H3,(H2,32,36)(H,33,35)(H,34,37)/t21-,22+,23+,24+/m1/s1. The molecule has 0 aromatic heterocycles. The molecule has 0 radical (unpaired) electrons. The molecule has 6 N–H and O–H groups in total. The van der Waals surface area contributed by atoms with E-state index in [0.717, 1.165) is 0 Å².